The number of nitrogens with one attached hydrogen (secondary N) is 1. The maximum absolute atomic E-state index is 13.8. The van der Waals surface area contributed by atoms with Gasteiger partial charge in [-0.25, -0.2) is 9.07 Å². The molecule has 0 aliphatic heterocycles. The zero-order valence-electron chi connectivity index (χ0n) is 19.7. The summed E-state index contributed by atoms with van der Waals surface area (Å²) in [7, 11) is 3.39. The number of aldehydes is 1. The van der Waals surface area contributed by atoms with E-state index in [2.05, 4.69) is 10.3 Å². The predicted octanol–water partition coefficient (Wildman–Crippen LogP) is 4.10. The van der Waals surface area contributed by atoms with Gasteiger partial charge in [0.05, 0.1) is 16.4 Å². The quantitative estimate of drug-likeness (QED) is 0.376. The molecule has 0 saturated carbocycles. The van der Waals surface area contributed by atoms with Crippen molar-refractivity contribution in [2.45, 2.75) is 6.92 Å². The molecule has 1 amide bonds. The molecule has 0 fully saturated rings. The number of hydrogen-bond acceptors (Lipinski definition) is 6. The van der Waals surface area contributed by atoms with Gasteiger partial charge in [0, 0.05) is 44.2 Å². The molecule has 186 valence electrons. The maximum atomic E-state index is 13.8. The van der Waals surface area contributed by atoms with Crippen LogP contribution < -0.4 is 21.3 Å². The highest BCUT2D eigenvalue weighted by molar-refractivity contribution is 6.33. The Morgan fingerprint density at radius 3 is 2.47 bits per heavy atom. The number of pyridine rings is 1. The van der Waals surface area contributed by atoms with Gasteiger partial charge in [-0.1, -0.05) is 29.8 Å². The number of primary amides is 1. The number of hydrogen-bond donors (Lipinski definition) is 2. The molecule has 4 rings (SSSR count). The number of benzene rings is 2. The van der Waals surface area contributed by atoms with Gasteiger partial charge < -0.3 is 15.8 Å². The second-order valence-electron chi connectivity index (χ2n) is 7.45. The fourth-order valence-corrected chi connectivity index (χ4v) is 3.51. The van der Waals surface area contributed by atoms with E-state index in [0.29, 0.717) is 22.7 Å². The number of amides is 1. The van der Waals surface area contributed by atoms with E-state index < -0.39 is 11.7 Å². The second kappa shape index (κ2) is 11.3. The van der Waals surface area contributed by atoms with Crippen LogP contribution in [0.1, 0.15) is 26.5 Å². The molecule has 0 aliphatic rings. The van der Waals surface area contributed by atoms with Crippen molar-refractivity contribution in [1.82, 2.24) is 14.3 Å². The lowest BCUT2D eigenvalue weighted by molar-refractivity contribution is 0.0994. The summed E-state index contributed by atoms with van der Waals surface area (Å²) in [5.41, 5.74) is 6.95. The van der Waals surface area contributed by atoms with E-state index in [0.717, 1.165) is 5.69 Å². The number of nitrogens with two attached hydrogens (primary N) is 1. The molecule has 0 aliphatic carbocycles. The highest BCUT2D eigenvalue weighted by Gasteiger charge is 2.14. The van der Waals surface area contributed by atoms with Crippen LogP contribution in [0.15, 0.2) is 65.6 Å². The number of carbonyl (C=O) groups excluding carboxylic acids is 2. The molecule has 2 aromatic heterocycles. The normalized spacial score (nSPS) is 10.2. The fraction of sp³-hybridized carbons (Fsp3) is 0.120. The Morgan fingerprint density at radius 1 is 1.19 bits per heavy atom. The molecule has 0 spiro atoms. The highest BCUT2D eigenvalue weighted by Crippen LogP contribution is 2.32. The van der Waals surface area contributed by atoms with E-state index in [1.165, 1.54) is 35.1 Å². The van der Waals surface area contributed by atoms with Gasteiger partial charge in [-0.3, -0.25) is 24.0 Å². The van der Waals surface area contributed by atoms with Gasteiger partial charge in [0.15, 0.2) is 17.9 Å². The van der Waals surface area contributed by atoms with E-state index in [4.69, 9.17) is 22.1 Å². The number of para-hydroxylation sites is 1. The topological polar surface area (TPSA) is 121 Å². The van der Waals surface area contributed by atoms with E-state index >= 15 is 0 Å². The van der Waals surface area contributed by atoms with Crippen LogP contribution >= 0.6 is 11.6 Å². The van der Waals surface area contributed by atoms with Crippen LogP contribution in [-0.4, -0.2) is 33.6 Å². The molecular weight excluding hydrogens is 489 g/mol. The monoisotopic (exact) mass is 511 g/mol. The van der Waals surface area contributed by atoms with E-state index in [-0.39, 0.29) is 28.3 Å². The largest absolute Gasteiger partial charge is 0.454 e. The number of halogens is 2. The smallest absolute Gasteiger partial charge is 0.282 e. The van der Waals surface area contributed by atoms with Gasteiger partial charge in [0.25, 0.3) is 11.5 Å². The molecule has 2 heterocycles. The Hall–Kier alpha value is -4.44. The molecule has 36 heavy (non-hydrogen) atoms. The van der Waals surface area contributed by atoms with Crippen LogP contribution in [0.4, 0.5) is 10.1 Å². The molecule has 0 radical (unpaired) electrons. The van der Waals surface area contributed by atoms with Gasteiger partial charge in [0.2, 0.25) is 0 Å². The third-order valence-electron chi connectivity index (χ3n) is 5.22. The number of rotatable bonds is 6. The molecule has 0 bridgehead atoms. The van der Waals surface area contributed by atoms with Crippen LogP contribution in [0, 0.1) is 12.7 Å². The average Bonchev–Trinajstić information content (AvgIpc) is 3.09. The lowest BCUT2D eigenvalue weighted by atomic mass is 10.2. The maximum Gasteiger partial charge on any atom is 0.282 e. The first kappa shape index (κ1) is 26.2. The molecule has 11 heteroatoms. The minimum Gasteiger partial charge on any atom is -0.454 e. The number of ether oxygens (including phenoxy) is 1. The van der Waals surface area contributed by atoms with Crippen LogP contribution in [0.25, 0.3) is 5.69 Å². The summed E-state index contributed by atoms with van der Waals surface area (Å²) in [5, 5.41) is 3.07. The lowest BCUT2D eigenvalue weighted by Gasteiger charge is -2.10. The number of carbonyl (C=O) groups is 2. The molecule has 0 saturated heterocycles. The van der Waals surface area contributed by atoms with Crippen molar-refractivity contribution in [2.75, 3.05) is 12.4 Å². The standard InChI is InChI=1S/C13H11ClFN3O2.C12H12N2O2/c1-17-10-6-9(15)12(5-8(10)14)20-7-2-3-18-11(4-7)13(16)19;1-9-11(8-15)12(16)14(13(9)2)10-6-4-3-5-7-10/h2-6,17H,1H3,(H2,16,19);3-8H,1-2H3. The molecule has 2 aromatic carbocycles. The molecular formula is C25H23ClFN5O4. The summed E-state index contributed by atoms with van der Waals surface area (Å²) in [5.74, 6) is -1.10. The van der Waals surface area contributed by atoms with E-state index in [1.807, 2.05) is 30.3 Å². The van der Waals surface area contributed by atoms with Gasteiger partial charge >= 0.3 is 0 Å². The average molecular weight is 512 g/mol. The van der Waals surface area contributed by atoms with Crippen molar-refractivity contribution in [3.05, 3.63) is 98.9 Å². The van der Waals surface area contributed by atoms with Crippen molar-refractivity contribution in [2.24, 2.45) is 12.8 Å². The predicted molar refractivity (Wildman–Crippen MR) is 135 cm³/mol. The van der Waals surface area contributed by atoms with Gasteiger partial charge in [0.1, 0.15) is 17.0 Å². The van der Waals surface area contributed by atoms with Crippen LogP contribution in [0.3, 0.4) is 0 Å². The van der Waals surface area contributed by atoms with Crippen LogP contribution in [0.2, 0.25) is 5.02 Å². The van der Waals surface area contributed by atoms with Crippen molar-refractivity contribution in [3.8, 4) is 17.2 Å². The highest BCUT2D eigenvalue weighted by atomic mass is 35.5. The lowest BCUT2D eigenvalue weighted by Crippen LogP contribution is -2.20. The van der Waals surface area contributed by atoms with E-state index in [9.17, 15) is 18.8 Å². The van der Waals surface area contributed by atoms with Crippen LogP contribution in [-0.2, 0) is 7.05 Å². The molecule has 3 N–H and O–H groups in total. The zero-order valence-corrected chi connectivity index (χ0v) is 20.4. The third-order valence-corrected chi connectivity index (χ3v) is 5.53. The second-order valence-corrected chi connectivity index (χ2v) is 7.86. The minimum absolute atomic E-state index is 0.0286. The van der Waals surface area contributed by atoms with Crippen molar-refractivity contribution < 1.29 is 18.7 Å². The summed E-state index contributed by atoms with van der Waals surface area (Å²) in [4.78, 5) is 37.5. The number of anilines is 1. The SMILES string of the molecule is CNc1cc(F)c(Oc2ccnc(C(N)=O)c2)cc1Cl.Cc1c(C=O)c(=O)n(-c2ccccc2)n1C. The molecule has 4 aromatic rings. The zero-order chi connectivity index (χ0) is 26.4. The summed E-state index contributed by atoms with van der Waals surface area (Å²) < 4.78 is 22.3. The Bertz CT molecular complexity index is 1470. The Morgan fingerprint density at radius 2 is 1.89 bits per heavy atom. The molecule has 0 atom stereocenters. The van der Waals surface area contributed by atoms with Crippen molar-refractivity contribution in [3.63, 3.8) is 0 Å². The summed E-state index contributed by atoms with van der Waals surface area (Å²) in [6.45, 7) is 1.75. The first-order valence-corrected chi connectivity index (χ1v) is 11.0. The van der Waals surface area contributed by atoms with Gasteiger partial charge in [-0.2, -0.15) is 0 Å². The summed E-state index contributed by atoms with van der Waals surface area (Å²) >= 11 is 5.95. The molecule has 9 nitrogen and oxygen atoms in total. The van der Waals surface area contributed by atoms with Crippen molar-refractivity contribution in [1.29, 1.82) is 0 Å². The van der Waals surface area contributed by atoms with E-state index in [1.54, 1.807) is 25.7 Å². The van der Waals surface area contributed by atoms with Gasteiger partial charge in [-0.15, -0.1) is 0 Å². The first-order valence-electron chi connectivity index (χ1n) is 10.6. The number of aromatic nitrogens is 3. The third kappa shape index (κ3) is 5.61. The molecule has 0 unspecified atom stereocenters. The summed E-state index contributed by atoms with van der Waals surface area (Å²) in [6, 6.07) is 14.6. The summed E-state index contributed by atoms with van der Waals surface area (Å²) in [6.07, 6.45) is 1.95. The fourth-order valence-electron chi connectivity index (χ4n) is 3.26. The van der Waals surface area contributed by atoms with Crippen molar-refractivity contribution >= 4 is 29.5 Å². The minimum atomic E-state index is -0.695. The Balaban J connectivity index is 0.000000205. The van der Waals surface area contributed by atoms with Crippen LogP contribution in [0.5, 0.6) is 11.5 Å². The first-order chi connectivity index (χ1) is 17.2. The number of nitrogens with zero attached hydrogens (tertiary/aromatic N) is 3. The Labute approximate surface area is 210 Å². The van der Waals surface area contributed by atoms with Gasteiger partial charge in [-0.05, 0) is 25.1 Å². The Kier molecular flexibility index (Phi) is 8.23.